The summed E-state index contributed by atoms with van der Waals surface area (Å²) in [6.45, 7) is 5.21. The molecule has 0 aromatic carbocycles. The molecule has 1 saturated carbocycles. The maximum atomic E-state index is 5.84. The molecule has 2 rings (SSSR count). The highest BCUT2D eigenvalue weighted by Crippen LogP contribution is 2.36. The first-order valence-corrected chi connectivity index (χ1v) is 5.91. The molecule has 84 valence electrons. The standard InChI is InChI=1S/C12H21N3/c1-9-3-4-11(6-13)12(5-9)15-8-10(2)7-14-15/h7-9,11-12H,3-6,13H2,1-2H3. The van der Waals surface area contributed by atoms with Crippen molar-refractivity contribution in [1.82, 2.24) is 9.78 Å². The van der Waals surface area contributed by atoms with Gasteiger partial charge in [-0.3, -0.25) is 4.68 Å². The third-order valence-electron chi connectivity index (χ3n) is 3.59. The molecule has 1 aliphatic rings. The molecule has 0 bridgehead atoms. The number of hydrogen-bond acceptors (Lipinski definition) is 2. The van der Waals surface area contributed by atoms with Gasteiger partial charge in [0.2, 0.25) is 0 Å². The monoisotopic (exact) mass is 207 g/mol. The minimum atomic E-state index is 0.521. The number of nitrogens with zero attached hydrogens (tertiary/aromatic N) is 2. The Morgan fingerprint density at radius 2 is 2.33 bits per heavy atom. The average molecular weight is 207 g/mol. The van der Waals surface area contributed by atoms with E-state index in [0.717, 1.165) is 12.5 Å². The fourth-order valence-electron chi connectivity index (χ4n) is 2.63. The Hall–Kier alpha value is -0.830. The summed E-state index contributed by atoms with van der Waals surface area (Å²) >= 11 is 0. The molecule has 1 aromatic heterocycles. The van der Waals surface area contributed by atoms with Crippen LogP contribution in [0.3, 0.4) is 0 Å². The van der Waals surface area contributed by atoms with Crippen molar-refractivity contribution in [2.45, 2.75) is 39.2 Å². The van der Waals surface area contributed by atoms with E-state index < -0.39 is 0 Å². The zero-order valence-corrected chi connectivity index (χ0v) is 9.69. The molecule has 0 saturated heterocycles. The molecule has 2 N–H and O–H groups in total. The van der Waals surface area contributed by atoms with E-state index in [2.05, 4.69) is 29.8 Å². The van der Waals surface area contributed by atoms with Crippen LogP contribution in [0.4, 0.5) is 0 Å². The molecule has 0 aliphatic heterocycles. The molecular formula is C12H21N3. The Labute approximate surface area is 91.7 Å². The fraction of sp³-hybridized carbons (Fsp3) is 0.750. The predicted molar refractivity (Wildman–Crippen MR) is 61.6 cm³/mol. The van der Waals surface area contributed by atoms with E-state index >= 15 is 0 Å². The van der Waals surface area contributed by atoms with Crippen molar-refractivity contribution in [3.8, 4) is 0 Å². The van der Waals surface area contributed by atoms with Crippen molar-refractivity contribution in [2.24, 2.45) is 17.6 Å². The van der Waals surface area contributed by atoms with Crippen molar-refractivity contribution in [1.29, 1.82) is 0 Å². The molecule has 3 unspecified atom stereocenters. The highest BCUT2D eigenvalue weighted by molar-refractivity contribution is 5.01. The van der Waals surface area contributed by atoms with Crippen molar-refractivity contribution in [2.75, 3.05) is 6.54 Å². The van der Waals surface area contributed by atoms with Crippen LogP contribution in [0.2, 0.25) is 0 Å². The fourth-order valence-corrected chi connectivity index (χ4v) is 2.63. The molecule has 0 amide bonds. The number of hydrogen-bond donors (Lipinski definition) is 1. The van der Waals surface area contributed by atoms with Gasteiger partial charge in [0.25, 0.3) is 0 Å². The van der Waals surface area contributed by atoms with Crippen LogP contribution in [-0.4, -0.2) is 16.3 Å². The second kappa shape index (κ2) is 4.35. The van der Waals surface area contributed by atoms with Crippen molar-refractivity contribution >= 4 is 0 Å². The van der Waals surface area contributed by atoms with Gasteiger partial charge in [-0.1, -0.05) is 13.3 Å². The van der Waals surface area contributed by atoms with Crippen molar-refractivity contribution < 1.29 is 0 Å². The van der Waals surface area contributed by atoms with Gasteiger partial charge in [0, 0.05) is 6.20 Å². The first-order chi connectivity index (χ1) is 7.20. The molecule has 1 fully saturated rings. The maximum absolute atomic E-state index is 5.84. The molecule has 0 spiro atoms. The van der Waals surface area contributed by atoms with Crippen molar-refractivity contribution in [3.05, 3.63) is 18.0 Å². The lowest BCUT2D eigenvalue weighted by atomic mass is 9.79. The number of nitrogens with two attached hydrogens (primary N) is 1. The van der Waals surface area contributed by atoms with Gasteiger partial charge >= 0.3 is 0 Å². The molecule has 3 heteroatoms. The molecular weight excluding hydrogens is 186 g/mol. The number of aromatic nitrogens is 2. The quantitative estimate of drug-likeness (QED) is 0.807. The minimum absolute atomic E-state index is 0.521. The second-order valence-electron chi connectivity index (χ2n) is 4.98. The molecule has 3 nitrogen and oxygen atoms in total. The van der Waals surface area contributed by atoms with E-state index in [1.165, 1.54) is 24.8 Å². The normalized spacial score (nSPS) is 31.8. The third kappa shape index (κ3) is 2.23. The van der Waals surface area contributed by atoms with Gasteiger partial charge < -0.3 is 5.73 Å². The zero-order valence-electron chi connectivity index (χ0n) is 9.69. The molecule has 1 aromatic rings. The molecule has 15 heavy (non-hydrogen) atoms. The summed E-state index contributed by atoms with van der Waals surface area (Å²) in [6, 6.07) is 0.521. The van der Waals surface area contributed by atoms with Gasteiger partial charge in [-0.2, -0.15) is 5.10 Å². The minimum Gasteiger partial charge on any atom is -0.330 e. The van der Waals surface area contributed by atoms with Gasteiger partial charge in [-0.15, -0.1) is 0 Å². The first-order valence-electron chi connectivity index (χ1n) is 5.91. The van der Waals surface area contributed by atoms with Crippen molar-refractivity contribution in [3.63, 3.8) is 0 Å². The van der Waals surface area contributed by atoms with E-state index in [0.29, 0.717) is 12.0 Å². The SMILES string of the molecule is Cc1cnn(C2CC(C)CCC2CN)c1. The molecule has 1 heterocycles. The maximum Gasteiger partial charge on any atom is 0.0562 e. The van der Waals surface area contributed by atoms with Gasteiger partial charge in [0.15, 0.2) is 0 Å². The van der Waals surface area contributed by atoms with Gasteiger partial charge in [0.05, 0.1) is 12.2 Å². The van der Waals surface area contributed by atoms with E-state index in [1.807, 2.05) is 6.20 Å². The molecule has 1 aliphatic carbocycles. The summed E-state index contributed by atoms with van der Waals surface area (Å²) in [6.07, 6.45) is 7.88. The summed E-state index contributed by atoms with van der Waals surface area (Å²) in [5.41, 5.74) is 7.08. The Morgan fingerprint density at radius 1 is 1.53 bits per heavy atom. The van der Waals surface area contributed by atoms with Crippen LogP contribution in [0.15, 0.2) is 12.4 Å². The average Bonchev–Trinajstić information content (AvgIpc) is 2.65. The van der Waals surface area contributed by atoms with Gasteiger partial charge in [-0.05, 0) is 43.7 Å². The highest BCUT2D eigenvalue weighted by Gasteiger charge is 2.29. The predicted octanol–water partition coefficient (Wildman–Crippen LogP) is 2.13. The molecule has 0 radical (unpaired) electrons. The smallest absolute Gasteiger partial charge is 0.0562 e. The Morgan fingerprint density at radius 3 is 2.93 bits per heavy atom. The topological polar surface area (TPSA) is 43.8 Å². The van der Waals surface area contributed by atoms with Gasteiger partial charge in [-0.25, -0.2) is 0 Å². The Bertz CT molecular complexity index is 318. The van der Waals surface area contributed by atoms with E-state index in [1.54, 1.807) is 0 Å². The Balaban J connectivity index is 2.16. The summed E-state index contributed by atoms with van der Waals surface area (Å²) in [5, 5.41) is 4.43. The van der Waals surface area contributed by atoms with Gasteiger partial charge in [0.1, 0.15) is 0 Å². The van der Waals surface area contributed by atoms with E-state index in [-0.39, 0.29) is 0 Å². The summed E-state index contributed by atoms with van der Waals surface area (Å²) < 4.78 is 2.13. The van der Waals surface area contributed by atoms with Crippen LogP contribution in [0, 0.1) is 18.8 Å². The number of aryl methyl sites for hydroxylation is 1. The van der Waals surface area contributed by atoms with E-state index in [9.17, 15) is 0 Å². The van der Waals surface area contributed by atoms with Crippen LogP contribution in [0.25, 0.3) is 0 Å². The lowest BCUT2D eigenvalue weighted by Gasteiger charge is -2.34. The van der Waals surface area contributed by atoms with Crippen LogP contribution >= 0.6 is 0 Å². The zero-order chi connectivity index (χ0) is 10.8. The van der Waals surface area contributed by atoms with Crippen LogP contribution in [-0.2, 0) is 0 Å². The summed E-state index contributed by atoms with van der Waals surface area (Å²) in [5.74, 6) is 1.42. The number of rotatable bonds is 2. The molecule has 3 atom stereocenters. The Kier molecular flexibility index (Phi) is 3.10. The third-order valence-corrected chi connectivity index (χ3v) is 3.59. The van der Waals surface area contributed by atoms with Crippen LogP contribution in [0.5, 0.6) is 0 Å². The van der Waals surface area contributed by atoms with Crippen LogP contribution < -0.4 is 5.73 Å². The lowest BCUT2D eigenvalue weighted by Crippen LogP contribution is -2.32. The highest BCUT2D eigenvalue weighted by atomic mass is 15.3. The largest absolute Gasteiger partial charge is 0.330 e. The summed E-state index contributed by atoms with van der Waals surface area (Å²) in [7, 11) is 0. The van der Waals surface area contributed by atoms with Crippen LogP contribution in [0.1, 0.15) is 37.8 Å². The lowest BCUT2D eigenvalue weighted by molar-refractivity contribution is 0.185. The first kappa shape index (κ1) is 10.7. The summed E-state index contributed by atoms with van der Waals surface area (Å²) in [4.78, 5) is 0. The van der Waals surface area contributed by atoms with E-state index in [4.69, 9.17) is 5.73 Å². The second-order valence-corrected chi connectivity index (χ2v) is 4.98.